The Bertz CT molecular complexity index is 557. The summed E-state index contributed by atoms with van der Waals surface area (Å²) in [6.45, 7) is 0.759. The maximum Gasteiger partial charge on any atom is 0.160 e. The summed E-state index contributed by atoms with van der Waals surface area (Å²) in [4.78, 5) is 0. The van der Waals surface area contributed by atoms with E-state index in [1.165, 1.54) is 6.42 Å². The minimum atomic E-state index is -0.0368. The van der Waals surface area contributed by atoms with Gasteiger partial charge in [-0.05, 0) is 41.7 Å². The lowest BCUT2D eigenvalue weighted by molar-refractivity contribution is -0.0601. The zero-order chi connectivity index (χ0) is 12.6. The van der Waals surface area contributed by atoms with Crippen molar-refractivity contribution in [1.29, 1.82) is 0 Å². The largest absolute Gasteiger partial charge is 0.397 e. The van der Waals surface area contributed by atoms with Gasteiger partial charge in [-0.15, -0.1) is 0 Å². The van der Waals surface area contributed by atoms with Crippen LogP contribution < -0.4 is 11.1 Å². The summed E-state index contributed by atoms with van der Waals surface area (Å²) in [6.07, 6.45) is 3.40. The molecule has 1 fully saturated rings. The Morgan fingerprint density at radius 3 is 2.83 bits per heavy atom. The molecule has 18 heavy (non-hydrogen) atoms. The SMILES string of the molecule is COC1(CNc2ccc(N)c3nonc23)CCC1. The summed E-state index contributed by atoms with van der Waals surface area (Å²) in [7, 11) is 1.76. The second-order valence-corrected chi connectivity index (χ2v) is 4.76. The van der Waals surface area contributed by atoms with Crippen molar-refractivity contribution >= 4 is 22.4 Å². The second-order valence-electron chi connectivity index (χ2n) is 4.76. The second kappa shape index (κ2) is 4.13. The fraction of sp³-hybridized carbons (Fsp3) is 0.500. The van der Waals surface area contributed by atoms with Crippen LogP contribution in [0.3, 0.4) is 0 Å². The van der Waals surface area contributed by atoms with E-state index in [2.05, 4.69) is 15.6 Å². The Morgan fingerprint density at radius 2 is 2.17 bits per heavy atom. The van der Waals surface area contributed by atoms with E-state index in [0.29, 0.717) is 16.7 Å². The van der Waals surface area contributed by atoms with Crippen LogP contribution >= 0.6 is 0 Å². The Balaban J connectivity index is 1.82. The van der Waals surface area contributed by atoms with Crippen molar-refractivity contribution in [3.05, 3.63) is 12.1 Å². The highest BCUT2D eigenvalue weighted by Gasteiger charge is 2.36. The highest BCUT2D eigenvalue weighted by atomic mass is 16.6. The summed E-state index contributed by atoms with van der Waals surface area (Å²) >= 11 is 0. The van der Waals surface area contributed by atoms with Crippen LogP contribution in [0.4, 0.5) is 11.4 Å². The quantitative estimate of drug-likeness (QED) is 0.802. The Morgan fingerprint density at radius 1 is 1.39 bits per heavy atom. The predicted molar refractivity (Wildman–Crippen MR) is 68.3 cm³/mol. The van der Waals surface area contributed by atoms with Gasteiger partial charge in [0.1, 0.15) is 0 Å². The van der Waals surface area contributed by atoms with Crippen molar-refractivity contribution in [3.8, 4) is 0 Å². The minimum Gasteiger partial charge on any atom is -0.397 e. The molecule has 2 aromatic rings. The first-order valence-electron chi connectivity index (χ1n) is 6.04. The van der Waals surface area contributed by atoms with Crippen molar-refractivity contribution in [2.24, 2.45) is 0 Å². The summed E-state index contributed by atoms with van der Waals surface area (Å²) in [5.74, 6) is 0. The van der Waals surface area contributed by atoms with Crippen molar-refractivity contribution in [3.63, 3.8) is 0 Å². The Labute approximate surface area is 104 Å². The number of hydrogen-bond acceptors (Lipinski definition) is 6. The van der Waals surface area contributed by atoms with Gasteiger partial charge in [-0.2, -0.15) is 0 Å². The molecular weight excluding hydrogens is 232 g/mol. The van der Waals surface area contributed by atoms with Crippen LogP contribution in [0.2, 0.25) is 0 Å². The van der Waals surface area contributed by atoms with E-state index in [-0.39, 0.29) is 5.60 Å². The number of nitrogen functional groups attached to an aromatic ring is 1. The molecule has 96 valence electrons. The zero-order valence-electron chi connectivity index (χ0n) is 10.3. The van der Waals surface area contributed by atoms with Crippen LogP contribution in [0.1, 0.15) is 19.3 Å². The van der Waals surface area contributed by atoms with Crippen molar-refractivity contribution in [1.82, 2.24) is 10.3 Å². The fourth-order valence-electron chi connectivity index (χ4n) is 2.31. The molecule has 0 amide bonds. The van der Waals surface area contributed by atoms with Gasteiger partial charge in [0.25, 0.3) is 0 Å². The first-order chi connectivity index (χ1) is 8.74. The van der Waals surface area contributed by atoms with E-state index >= 15 is 0 Å². The highest BCUT2D eigenvalue weighted by Crippen LogP contribution is 2.35. The number of aromatic nitrogens is 2. The lowest BCUT2D eigenvalue weighted by Crippen LogP contribution is -2.45. The number of methoxy groups -OCH3 is 1. The van der Waals surface area contributed by atoms with Gasteiger partial charge in [-0.25, -0.2) is 4.63 Å². The van der Waals surface area contributed by atoms with Gasteiger partial charge in [-0.3, -0.25) is 0 Å². The smallest absolute Gasteiger partial charge is 0.160 e. The molecule has 1 aromatic carbocycles. The Hall–Kier alpha value is -1.82. The first kappa shape index (κ1) is 11.3. The molecule has 6 heteroatoms. The maximum atomic E-state index is 5.80. The van der Waals surface area contributed by atoms with Gasteiger partial charge in [0.05, 0.1) is 17.0 Å². The number of fused-ring (bicyclic) bond motifs is 1. The third-order valence-corrected chi connectivity index (χ3v) is 3.75. The number of nitrogens with one attached hydrogen (secondary N) is 1. The molecule has 0 atom stereocenters. The molecule has 0 aliphatic heterocycles. The van der Waals surface area contributed by atoms with E-state index in [1.54, 1.807) is 13.2 Å². The molecule has 1 heterocycles. The molecular formula is C12H16N4O2. The van der Waals surface area contributed by atoms with Crippen molar-refractivity contribution in [2.45, 2.75) is 24.9 Å². The van der Waals surface area contributed by atoms with Crippen LogP contribution in [0, 0.1) is 0 Å². The van der Waals surface area contributed by atoms with E-state index < -0.39 is 0 Å². The van der Waals surface area contributed by atoms with Crippen LogP contribution in [0.5, 0.6) is 0 Å². The average molecular weight is 248 g/mol. The number of nitrogens with two attached hydrogens (primary N) is 1. The lowest BCUT2D eigenvalue weighted by Gasteiger charge is -2.40. The van der Waals surface area contributed by atoms with Gasteiger partial charge >= 0.3 is 0 Å². The van der Waals surface area contributed by atoms with E-state index in [9.17, 15) is 0 Å². The number of rotatable bonds is 4. The molecule has 6 nitrogen and oxygen atoms in total. The number of nitrogens with zero attached hydrogens (tertiary/aromatic N) is 2. The van der Waals surface area contributed by atoms with Crippen LogP contribution in [-0.2, 0) is 4.74 Å². The molecule has 1 saturated carbocycles. The molecule has 0 radical (unpaired) electrons. The molecule has 3 N–H and O–H groups in total. The molecule has 0 unspecified atom stereocenters. The molecule has 0 saturated heterocycles. The van der Waals surface area contributed by atoms with Gasteiger partial charge in [-0.1, -0.05) is 0 Å². The van der Waals surface area contributed by atoms with Crippen LogP contribution in [-0.4, -0.2) is 29.6 Å². The van der Waals surface area contributed by atoms with Crippen molar-refractivity contribution < 1.29 is 9.37 Å². The topological polar surface area (TPSA) is 86.2 Å². The molecule has 1 aromatic heterocycles. The average Bonchev–Trinajstić information content (AvgIpc) is 2.81. The van der Waals surface area contributed by atoms with Crippen LogP contribution in [0.25, 0.3) is 11.0 Å². The predicted octanol–water partition coefficient (Wildman–Crippen LogP) is 1.79. The summed E-state index contributed by atoms with van der Waals surface area (Å²) < 4.78 is 10.3. The molecule has 0 spiro atoms. The van der Waals surface area contributed by atoms with Gasteiger partial charge < -0.3 is 15.8 Å². The van der Waals surface area contributed by atoms with E-state index in [1.807, 2.05) is 6.07 Å². The number of ether oxygens (including phenoxy) is 1. The van der Waals surface area contributed by atoms with Gasteiger partial charge in [0, 0.05) is 13.7 Å². The van der Waals surface area contributed by atoms with E-state index in [4.69, 9.17) is 15.1 Å². The first-order valence-corrected chi connectivity index (χ1v) is 6.04. The van der Waals surface area contributed by atoms with Gasteiger partial charge in [0.2, 0.25) is 0 Å². The zero-order valence-corrected chi connectivity index (χ0v) is 10.3. The summed E-state index contributed by atoms with van der Waals surface area (Å²) in [6, 6.07) is 3.69. The third kappa shape index (κ3) is 1.69. The molecule has 1 aliphatic carbocycles. The van der Waals surface area contributed by atoms with Crippen LogP contribution in [0.15, 0.2) is 16.8 Å². The van der Waals surface area contributed by atoms with E-state index in [0.717, 1.165) is 25.1 Å². The minimum absolute atomic E-state index is 0.0368. The standard InChI is InChI=1S/C12H16N4O2/c1-17-12(5-2-6-12)7-14-9-4-3-8(13)10-11(9)16-18-15-10/h3-4,14H,2,5-7,13H2,1H3. The molecule has 3 rings (SSSR count). The summed E-state index contributed by atoms with van der Waals surface area (Å²) in [5, 5.41) is 11.0. The Kier molecular flexibility index (Phi) is 2.59. The lowest BCUT2D eigenvalue weighted by atomic mass is 9.80. The number of anilines is 2. The monoisotopic (exact) mass is 248 g/mol. The number of hydrogen-bond donors (Lipinski definition) is 2. The maximum absolute atomic E-state index is 5.80. The number of benzene rings is 1. The molecule has 1 aliphatic rings. The fourth-order valence-corrected chi connectivity index (χ4v) is 2.31. The normalized spacial score (nSPS) is 17.6. The molecule has 0 bridgehead atoms. The summed E-state index contributed by atoms with van der Waals surface area (Å²) in [5.41, 5.74) is 8.48. The highest BCUT2D eigenvalue weighted by molar-refractivity contribution is 5.94. The third-order valence-electron chi connectivity index (χ3n) is 3.75. The van der Waals surface area contributed by atoms with Gasteiger partial charge in [0.15, 0.2) is 11.0 Å². The van der Waals surface area contributed by atoms with Crippen molar-refractivity contribution in [2.75, 3.05) is 24.7 Å².